The van der Waals surface area contributed by atoms with E-state index in [2.05, 4.69) is 21.3 Å². The Morgan fingerprint density at radius 3 is 2.15 bits per heavy atom. The molecule has 0 radical (unpaired) electrons. The predicted octanol–water partition coefficient (Wildman–Crippen LogP) is 2.47. The molecule has 0 aromatic heterocycles. The maximum atomic E-state index is 12.9. The van der Waals surface area contributed by atoms with Crippen molar-refractivity contribution < 1.29 is 28.7 Å². The molecule has 34 heavy (non-hydrogen) atoms. The summed E-state index contributed by atoms with van der Waals surface area (Å²) >= 11 is 0. The maximum absolute atomic E-state index is 12.9. The minimum Gasteiger partial charge on any atom is -0.445 e. The van der Waals surface area contributed by atoms with Crippen molar-refractivity contribution in [2.24, 2.45) is 5.92 Å². The zero-order valence-electron chi connectivity index (χ0n) is 20.9. The van der Waals surface area contributed by atoms with Gasteiger partial charge in [0.05, 0.1) is 0 Å². The van der Waals surface area contributed by atoms with E-state index in [9.17, 15) is 19.2 Å². The van der Waals surface area contributed by atoms with Crippen LogP contribution in [0.4, 0.5) is 9.59 Å². The Kier molecular flexibility index (Phi) is 11.9. The molecular formula is C24H38N4O6. The van der Waals surface area contributed by atoms with E-state index in [1.807, 2.05) is 30.3 Å². The van der Waals surface area contributed by atoms with Gasteiger partial charge in [-0.15, -0.1) is 0 Å². The zero-order valence-corrected chi connectivity index (χ0v) is 20.9. The molecule has 0 spiro atoms. The number of ether oxygens (including phenoxy) is 2. The smallest absolute Gasteiger partial charge is 0.408 e. The average Bonchev–Trinajstić information content (AvgIpc) is 2.76. The number of alkyl carbamates (subject to hydrolysis) is 2. The largest absolute Gasteiger partial charge is 0.445 e. The van der Waals surface area contributed by atoms with E-state index in [1.165, 1.54) is 7.05 Å². The van der Waals surface area contributed by atoms with Crippen molar-refractivity contribution in [1.82, 2.24) is 21.3 Å². The molecule has 0 saturated carbocycles. The summed E-state index contributed by atoms with van der Waals surface area (Å²) < 4.78 is 10.4. The van der Waals surface area contributed by atoms with Crippen LogP contribution in [-0.2, 0) is 25.7 Å². The van der Waals surface area contributed by atoms with Gasteiger partial charge >= 0.3 is 12.2 Å². The molecule has 1 aromatic carbocycles. The van der Waals surface area contributed by atoms with Crippen LogP contribution < -0.4 is 21.3 Å². The zero-order chi connectivity index (χ0) is 25.7. The highest BCUT2D eigenvalue weighted by molar-refractivity contribution is 5.91. The molecular weight excluding hydrogens is 440 g/mol. The van der Waals surface area contributed by atoms with E-state index in [-0.39, 0.29) is 31.4 Å². The van der Waals surface area contributed by atoms with Crippen LogP contribution in [0, 0.1) is 5.92 Å². The minimum atomic E-state index is -0.893. The summed E-state index contributed by atoms with van der Waals surface area (Å²) in [5.41, 5.74) is 0.215. The summed E-state index contributed by atoms with van der Waals surface area (Å²) in [7, 11) is 1.47. The van der Waals surface area contributed by atoms with Gasteiger partial charge in [-0.1, -0.05) is 44.2 Å². The Morgan fingerprint density at radius 2 is 1.59 bits per heavy atom. The lowest BCUT2D eigenvalue weighted by Gasteiger charge is -2.25. The Labute approximate surface area is 201 Å². The molecule has 0 bridgehead atoms. The number of amides is 4. The van der Waals surface area contributed by atoms with Gasteiger partial charge in [0.1, 0.15) is 24.3 Å². The van der Waals surface area contributed by atoms with E-state index < -0.39 is 35.8 Å². The van der Waals surface area contributed by atoms with Gasteiger partial charge in [-0.05, 0) is 45.1 Å². The van der Waals surface area contributed by atoms with Crippen molar-refractivity contribution >= 4 is 24.0 Å². The maximum Gasteiger partial charge on any atom is 0.408 e. The van der Waals surface area contributed by atoms with Crippen molar-refractivity contribution in [2.45, 2.75) is 71.8 Å². The lowest BCUT2D eigenvalue weighted by atomic mass is 10.0. The van der Waals surface area contributed by atoms with Crippen LogP contribution in [0.15, 0.2) is 30.3 Å². The third-order valence-electron chi connectivity index (χ3n) is 4.65. The van der Waals surface area contributed by atoms with E-state index in [0.29, 0.717) is 6.42 Å². The Morgan fingerprint density at radius 1 is 0.941 bits per heavy atom. The van der Waals surface area contributed by atoms with Gasteiger partial charge in [-0.2, -0.15) is 0 Å². The summed E-state index contributed by atoms with van der Waals surface area (Å²) in [6.07, 6.45) is -0.567. The summed E-state index contributed by atoms with van der Waals surface area (Å²) in [6.45, 7) is 9.20. The number of carbonyl (C=O) groups is 4. The van der Waals surface area contributed by atoms with Gasteiger partial charge in [-0.3, -0.25) is 9.59 Å². The summed E-state index contributed by atoms with van der Waals surface area (Å²) in [6, 6.07) is 7.46. The molecule has 190 valence electrons. The van der Waals surface area contributed by atoms with Gasteiger partial charge < -0.3 is 30.7 Å². The highest BCUT2D eigenvalue weighted by atomic mass is 16.6. The fourth-order valence-corrected chi connectivity index (χ4v) is 2.94. The third-order valence-corrected chi connectivity index (χ3v) is 4.65. The van der Waals surface area contributed by atoms with Crippen LogP contribution in [0.3, 0.4) is 0 Å². The van der Waals surface area contributed by atoms with Crippen LogP contribution in [0.25, 0.3) is 0 Å². The SMILES string of the molecule is CNC(=O)[C@H](CCCNC(=O)OC(C)(C)C)NC(=O)[C@@H](NC(=O)OCc1ccccc1)C(C)C. The topological polar surface area (TPSA) is 135 Å². The number of nitrogens with one attached hydrogen (secondary N) is 4. The molecule has 10 heteroatoms. The van der Waals surface area contributed by atoms with E-state index in [4.69, 9.17) is 9.47 Å². The van der Waals surface area contributed by atoms with Crippen molar-refractivity contribution in [3.8, 4) is 0 Å². The second-order valence-corrected chi connectivity index (χ2v) is 9.17. The van der Waals surface area contributed by atoms with Gasteiger partial charge in [0.25, 0.3) is 0 Å². The van der Waals surface area contributed by atoms with E-state index >= 15 is 0 Å². The predicted molar refractivity (Wildman–Crippen MR) is 128 cm³/mol. The fourth-order valence-electron chi connectivity index (χ4n) is 2.94. The highest BCUT2D eigenvalue weighted by Gasteiger charge is 2.29. The Bertz CT molecular complexity index is 807. The molecule has 1 aromatic rings. The number of benzene rings is 1. The van der Waals surface area contributed by atoms with Crippen molar-refractivity contribution in [3.05, 3.63) is 35.9 Å². The van der Waals surface area contributed by atoms with Crippen LogP contribution in [0.1, 0.15) is 53.0 Å². The van der Waals surface area contributed by atoms with E-state index in [0.717, 1.165) is 5.56 Å². The van der Waals surface area contributed by atoms with Gasteiger partial charge in [0.2, 0.25) is 11.8 Å². The molecule has 0 aliphatic carbocycles. The molecule has 0 aliphatic rings. The van der Waals surface area contributed by atoms with Crippen molar-refractivity contribution in [3.63, 3.8) is 0 Å². The number of hydrogen-bond donors (Lipinski definition) is 4. The lowest BCUT2D eigenvalue weighted by molar-refractivity contribution is -0.130. The first-order valence-electron chi connectivity index (χ1n) is 11.4. The molecule has 2 atom stereocenters. The quantitative estimate of drug-likeness (QED) is 0.361. The first kappa shape index (κ1) is 28.7. The number of hydrogen-bond acceptors (Lipinski definition) is 6. The lowest BCUT2D eigenvalue weighted by Crippen LogP contribution is -2.55. The molecule has 0 aliphatic heterocycles. The minimum absolute atomic E-state index is 0.0740. The molecule has 4 amide bonds. The first-order valence-corrected chi connectivity index (χ1v) is 11.4. The molecule has 0 fully saturated rings. The van der Waals surface area contributed by atoms with E-state index in [1.54, 1.807) is 34.6 Å². The standard InChI is InChI=1S/C24H38N4O6/c1-16(2)19(28-23(32)33-15-17-11-8-7-9-12-17)21(30)27-18(20(29)25-6)13-10-14-26-22(31)34-24(3,4)5/h7-9,11-12,16,18-19H,10,13-15H2,1-6H3,(H,25,29)(H,26,31)(H,27,30)(H,28,32)/t18-,19-/m0/s1. The molecule has 0 heterocycles. The van der Waals surface area contributed by atoms with Gasteiger partial charge in [-0.25, -0.2) is 9.59 Å². The monoisotopic (exact) mass is 478 g/mol. The molecule has 0 unspecified atom stereocenters. The fraction of sp³-hybridized carbons (Fsp3) is 0.583. The van der Waals surface area contributed by atoms with Crippen LogP contribution in [0.5, 0.6) is 0 Å². The molecule has 1 rings (SSSR count). The average molecular weight is 479 g/mol. The van der Waals surface area contributed by atoms with Crippen LogP contribution in [-0.4, -0.2) is 55.3 Å². The number of carbonyl (C=O) groups excluding carboxylic acids is 4. The summed E-state index contributed by atoms with van der Waals surface area (Å²) in [4.78, 5) is 49.1. The molecule has 10 nitrogen and oxygen atoms in total. The number of rotatable bonds is 11. The second kappa shape index (κ2) is 14.1. The van der Waals surface area contributed by atoms with Crippen molar-refractivity contribution in [1.29, 1.82) is 0 Å². The Hall–Kier alpha value is -3.30. The Balaban J connectivity index is 2.61. The third kappa shape index (κ3) is 11.5. The van der Waals surface area contributed by atoms with Gasteiger partial charge in [0, 0.05) is 13.6 Å². The molecule has 0 saturated heterocycles. The summed E-state index contributed by atoms with van der Waals surface area (Å²) in [5.74, 6) is -1.12. The highest BCUT2D eigenvalue weighted by Crippen LogP contribution is 2.08. The van der Waals surface area contributed by atoms with Gasteiger partial charge in [0.15, 0.2) is 0 Å². The normalized spacial score (nSPS) is 12.8. The summed E-state index contributed by atoms with van der Waals surface area (Å²) in [5, 5.41) is 10.4. The molecule has 4 N–H and O–H groups in total. The van der Waals surface area contributed by atoms with Crippen molar-refractivity contribution in [2.75, 3.05) is 13.6 Å². The second-order valence-electron chi connectivity index (χ2n) is 9.17. The van der Waals surface area contributed by atoms with Crippen LogP contribution >= 0.6 is 0 Å². The number of likely N-dealkylation sites (N-methyl/N-ethyl adjacent to an activating group) is 1. The first-order chi connectivity index (χ1) is 15.9. The van der Waals surface area contributed by atoms with Crippen LogP contribution in [0.2, 0.25) is 0 Å².